The van der Waals surface area contributed by atoms with Crippen LogP contribution in [0, 0.1) is 11.3 Å². The lowest BCUT2D eigenvalue weighted by Gasteiger charge is -2.54. The van der Waals surface area contributed by atoms with Gasteiger partial charge in [0.05, 0.1) is 7.11 Å². The highest BCUT2D eigenvalue weighted by Gasteiger charge is 2.74. The minimum absolute atomic E-state index is 0.138. The summed E-state index contributed by atoms with van der Waals surface area (Å²) in [5, 5.41) is 9.06. The highest BCUT2D eigenvalue weighted by Crippen LogP contribution is 2.65. The first kappa shape index (κ1) is 22.8. The van der Waals surface area contributed by atoms with Gasteiger partial charge in [0.25, 0.3) is 0 Å². The molecule has 2 bridgehead atoms. The molecule has 8 nitrogen and oxygen atoms in total. The molecule has 2 aliphatic carbocycles. The van der Waals surface area contributed by atoms with Crippen molar-refractivity contribution < 1.29 is 38.5 Å². The number of carboxylic acids is 1. The molecule has 4 atom stereocenters. The van der Waals surface area contributed by atoms with Crippen molar-refractivity contribution >= 4 is 23.9 Å². The lowest BCUT2D eigenvalue weighted by molar-refractivity contribution is -0.235. The van der Waals surface area contributed by atoms with Crippen LogP contribution in [-0.2, 0) is 33.4 Å². The molecule has 8 heteroatoms. The van der Waals surface area contributed by atoms with Crippen LogP contribution in [-0.4, -0.2) is 47.3 Å². The fourth-order valence-electron chi connectivity index (χ4n) is 5.45. The molecule has 1 aliphatic heterocycles. The summed E-state index contributed by atoms with van der Waals surface area (Å²) >= 11 is 0. The number of ether oxygens (including phenoxy) is 3. The molecule has 0 aromatic carbocycles. The fourth-order valence-corrected chi connectivity index (χ4v) is 5.45. The third-order valence-electron chi connectivity index (χ3n) is 6.97. The molecule has 2 fully saturated rings. The molecular weight excluding hydrogens is 404 g/mol. The largest absolute Gasteiger partial charge is 0.478 e. The molecule has 0 spiro atoms. The van der Waals surface area contributed by atoms with E-state index in [1.807, 2.05) is 0 Å². The molecule has 3 rings (SSSR count). The lowest BCUT2D eigenvalue weighted by Crippen LogP contribution is -2.65. The number of carboxylic acid groups (broad SMARTS) is 1. The van der Waals surface area contributed by atoms with Gasteiger partial charge in [0.2, 0.25) is 0 Å². The Bertz CT molecular complexity index is 913. The van der Waals surface area contributed by atoms with Crippen LogP contribution in [0.25, 0.3) is 0 Å². The summed E-state index contributed by atoms with van der Waals surface area (Å²) in [6, 6.07) is 0. The third kappa shape index (κ3) is 3.58. The van der Waals surface area contributed by atoms with E-state index in [-0.39, 0.29) is 17.9 Å². The van der Waals surface area contributed by atoms with Crippen LogP contribution in [0.15, 0.2) is 35.5 Å². The summed E-state index contributed by atoms with van der Waals surface area (Å²) in [6.07, 6.45) is 8.21. The Morgan fingerprint density at radius 2 is 1.97 bits per heavy atom. The molecule has 0 amide bonds. The topological polar surface area (TPSA) is 116 Å². The molecule has 0 unspecified atom stereocenters. The van der Waals surface area contributed by atoms with Gasteiger partial charge in [0.15, 0.2) is 0 Å². The van der Waals surface area contributed by atoms with Crippen LogP contribution in [0.5, 0.6) is 0 Å². The van der Waals surface area contributed by atoms with Gasteiger partial charge in [-0.25, -0.2) is 9.59 Å². The van der Waals surface area contributed by atoms with E-state index in [9.17, 15) is 19.2 Å². The van der Waals surface area contributed by atoms with Crippen LogP contribution < -0.4 is 0 Å². The smallest absolute Gasteiger partial charge is 0.333 e. The normalized spacial score (nSPS) is 35.0. The SMILES string of the molecule is COC(=O)C1=CC[C@@]23CC[C@@H]([C@@](C)(C=C/C=C(\C)C(=O)O)OC2=O)[C@@]3(OC(C)=O)CC1. The lowest BCUT2D eigenvalue weighted by atomic mass is 9.62. The zero-order valence-corrected chi connectivity index (χ0v) is 18.2. The van der Waals surface area contributed by atoms with E-state index in [0.717, 1.165) is 0 Å². The van der Waals surface area contributed by atoms with Gasteiger partial charge in [0.1, 0.15) is 16.6 Å². The van der Waals surface area contributed by atoms with Gasteiger partial charge in [-0.15, -0.1) is 0 Å². The number of rotatable bonds is 5. The zero-order valence-electron chi connectivity index (χ0n) is 18.2. The first-order valence-electron chi connectivity index (χ1n) is 10.3. The molecule has 1 saturated heterocycles. The van der Waals surface area contributed by atoms with Gasteiger partial charge < -0.3 is 19.3 Å². The molecule has 0 aromatic rings. The summed E-state index contributed by atoms with van der Waals surface area (Å²) in [4.78, 5) is 48.8. The van der Waals surface area contributed by atoms with Crippen LogP contribution in [0.3, 0.4) is 0 Å². The molecular formula is C23H28O8. The summed E-state index contributed by atoms with van der Waals surface area (Å²) < 4.78 is 16.7. The zero-order chi connectivity index (χ0) is 23.0. The van der Waals surface area contributed by atoms with Gasteiger partial charge in [-0.1, -0.05) is 18.2 Å². The van der Waals surface area contributed by atoms with Crippen molar-refractivity contribution in [3.8, 4) is 0 Å². The minimum atomic E-state index is -1.13. The molecule has 0 radical (unpaired) electrons. The van der Waals surface area contributed by atoms with Gasteiger partial charge in [-0.3, -0.25) is 9.59 Å². The maximum atomic E-state index is 13.4. The second kappa shape index (κ2) is 7.98. The van der Waals surface area contributed by atoms with E-state index in [1.54, 1.807) is 25.2 Å². The Kier molecular flexibility index (Phi) is 5.86. The van der Waals surface area contributed by atoms with Crippen molar-refractivity contribution in [2.45, 2.75) is 64.1 Å². The molecule has 1 heterocycles. The summed E-state index contributed by atoms with van der Waals surface area (Å²) in [5.74, 6) is -2.83. The van der Waals surface area contributed by atoms with Crippen LogP contribution >= 0.6 is 0 Å². The van der Waals surface area contributed by atoms with E-state index in [2.05, 4.69) is 0 Å². The summed E-state index contributed by atoms with van der Waals surface area (Å²) in [5.41, 5.74) is -2.71. The van der Waals surface area contributed by atoms with Crippen molar-refractivity contribution in [3.05, 3.63) is 35.5 Å². The monoisotopic (exact) mass is 432 g/mol. The number of aliphatic carboxylic acids is 1. The Labute approximate surface area is 180 Å². The van der Waals surface area contributed by atoms with Gasteiger partial charge in [0, 0.05) is 24.0 Å². The number of allylic oxidation sites excluding steroid dienone is 3. The van der Waals surface area contributed by atoms with Crippen LogP contribution in [0.2, 0.25) is 0 Å². The van der Waals surface area contributed by atoms with Crippen molar-refractivity contribution in [1.82, 2.24) is 0 Å². The highest BCUT2D eigenvalue weighted by molar-refractivity contribution is 5.89. The average molecular weight is 432 g/mol. The van der Waals surface area contributed by atoms with Gasteiger partial charge in [-0.2, -0.15) is 0 Å². The number of carbonyl (C=O) groups excluding carboxylic acids is 3. The maximum absolute atomic E-state index is 13.4. The Hall–Kier alpha value is -2.90. The van der Waals surface area contributed by atoms with Crippen LogP contribution in [0.1, 0.15) is 52.9 Å². The molecule has 168 valence electrons. The summed E-state index contributed by atoms with van der Waals surface area (Å²) in [6.45, 7) is 4.53. The standard InChI is InChI=1S/C23H28O8/c1-14(18(25)26)6-5-10-21(3)17-9-12-22(20(28)31-21)11-7-16(19(27)29-4)8-13-23(17,22)30-15(2)24/h5-7,10,17H,8-9,11-13H2,1-4H3,(H,25,26)/b10-5?,14-6+/t17-,21+,22+,23-/m0/s1. The molecule has 31 heavy (non-hydrogen) atoms. The number of methoxy groups -OCH3 is 1. The predicted octanol–water partition coefficient (Wildman–Crippen LogP) is 2.87. The van der Waals surface area contributed by atoms with Crippen molar-refractivity contribution in [3.63, 3.8) is 0 Å². The number of hydrogen-bond acceptors (Lipinski definition) is 7. The highest BCUT2D eigenvalue weighted by atomic mass is 16.6. The quantitative estimate of drug-likeness (QED) is 0.305. The number of esters is 3. The second-order valence-electron chi connectivity index (χ2n) is 8.67. The average Bonchev–Trinajstić information content (AvgIpc) is 2.84. The fraction of sp³-hybridized carbons (Fsp3) is 0.565. The Morgan fingerprint density at radius 1 is 1.26 bits per heavy atom. The second-order valence-corrected chi connectivity index (χ2v) is 8.67. The minimum Gasteiger partial charge on any atom is -0.478 e. The van der Waals surface area contributed by atoms with E-state index in [4.69, 9.17) is 19.3 Å². The first-order valence-corrected chi connectivity index (χ1v) is 10.3. The van der Waals surface area contributed by atoms with E-state index in [1.165, 1.54) is 27.0 Å². The van der Waals surface area contributed by atoms with Crippen molar-refractivity contribution in [1.29, 1.82) is 0 Å². The van der Waals surface area contributed by atoms with E-state index < -0.39 is 40.5 Å². The third-order valence-corrected chi connectivity index (χ3v) is 6.97. The summed E-state index contributed by atoms with van der Waals surface area (Å²) in [7, 11) is 1.30. The maximum Gasteiger partial charge on any atom is 0.333 e. The molecule has 1 N–H and O–H groups in total. The Morgan fingerprint density at radius 3 is 2.58 bits per heavy atom. The van der Waals surface area contributed by atoms with Gasteiger partial charge in [-0.05, 0) is 52.0 Å². The van der Waals surface area contributed by atoms with Crippen molar-refractivity contribution in [2.75, 3.05) is 7.11 Å². The van der Waals surface area contributed by atoms with Gasteiger partial charge >= 0.3 is 23.9 Å². The number of hydrogen-bond donors (Lipinski definition) is 1. The van der Waals surface area contributed by atoms with E-state index >= 15 is 0 Å². The number of carbonyl (C=O) groups is 4. The molecule has 0 aromatic heterocycles. The first-order chi connectivity index (χ1) is 14.5. The molecule has 3 aliphatic rings. The van der Waals surface area contributed by atoms with E-state index in [0.29, 0.717) is 31.3 Å². The van der Waals surface area contributed by atoms with Crippen molar-refractivity contribution in [2.24, 2.45) is 11.3 Å². The van der Waals surface area contributed by atoms with Crippen LogP contribution in [0.4, 0.5) is 0 Å². The number of cyclic esters (lactones) is 1. The predicted molar refractivity (Wildman–Crippen MR) is 109 cm³/mol. The molecule has 1 saturated carbocycles. The Balaban J connectivity index is 2.07.